The normalized spacial score (nSPS) is 13.8. The number of carbonyl (C=O) groups excluding carboxylic acids is 4. The van der Waals surface area contributed by atoms with E-state index in [1.165, 1.54) is 270 Å². The third kappa shape index (κ3) is 76.3. The summed E-state index contributed by atoms with van der Waals surface area (Å²) < 4.78 is 68.7. The van der Waals surface area contributed by atoms with Crippen LogP contribution in [0.5, 0.6) is 0 Å². The Morgan fingerprint density at radius 2 is 0.451 bits per heavy atom. The average molecular weight is 1490 g/mol. The van der Waals surface area contributed by atoms with Crippen LogP contribution in [0.25, 0.3) is 0 Å². The van der Waals surface area contributed by atoms with E-state index in [1.807, 2.05) is 0 Å². The fourth-order valence-electron chi connectivity index (χ4n) is 12.9. The first kappa shape index (κ1) is 100. The van der Waals surface area contributed by atoms with Gasteiger partial charge in [-0.05, 0) is 31.6 Å². The Morgan fingerprint density at radius 3 is 0.667 bits per heavy atom. The number of carbonyl (C=O) groups is 4. The van der Waals surface area contributed by atoms with Gasteiger partial charge in [0.1, 0.15) is 19.3 Å². The highest BCUT2D eigenvalue weighted by molar-refractivity contribution is 7.47. The van der Waals surface area contributed by atoms with Crippen LogP contribution in [-0.2, 0) is 65.4 Å². The van der Waals surface area contributed by atoms with Gasteiger partial charge in [-0.25, -0.2) is 9.13 Å². The second-order valence-corrected chi connectivity index (χ2v) is 33.3. The molecule has 0 rings (SSSR count). The zero-order chi connectivity index (χ0) is 74.8. The summed E-state index contributed by atoms with van der Waals surface area (Å²) in [6, 6.07) is 0. The Kier molecular flexibility index (Phi) is 74.4. The lowest BCUT2D eigenvalue weighted by atomic mass is 10.0. The second-order valence-electron chi connectivity index (χ2n) is 30.3. The average Bonchev–Trinajstić information content (AvgIpc) is 0.931. The van der Waals surface area contributed by atoms with Crippen molar-refractivity contribution in [3.63, 3.8) is 0 Å². The SMILES string of the molecule is CCCCCCCCCCCCCCCCCCCCCCCC(=O)O[C@H](COC(=O)CCCCCCCCCCCCCCCCCCC(C)C)COP(=O)(O)OC[C@@H](O)COP(=O)(O)OC[C@@H](COC(=O)CCCCCCCCCCCC)OC(=O)CCCCCCCCCCCCCC. The molecular formula is C83H162O17P2. The molecule has 0 fully saturated rings. The number of aliphatic hydroxyl groups is 1. The van der Waals surface area contributed by atoms with Crippen molar-refractivity contribution >= 4 is 39.5 Å². The summed E-state index contributed by atoms with van der Waals surface area (Å²) in [7, 11) is -9.92. The van der Waals surface area contributed by atoms with E-state index in [2.05, 4.69) is 34.6 Å². The molecule has 0 saturated heterocycles. The Balaban J connectivity index is 5.20. The van der Waals surface area contributed by atoms with E-state index in [4.69, 9.17) is 37.0 Å². The molecule has 0 aromatic rings. The molecular weight excluding hydrogens is 1330 g/mol. The number of phosphoric acid groups is 2. The summed E-state index contributed by atoms with van der Waals surface area (Å²) in [6.07, 6.45) is 68.0. The smallest absolute Gasteiger partial charge is 0.462 e. The lowest BCUT2D eigenvalue weighted by molar-refractivity contribution is -0.161. The summed E-state index contributed by atoms with van der Waals surface area (Å²) in [5, 5.41) is 10.6. The van der Waals surface area contributed by atoms with Gasteiger partial charge in [-0.15, -0.1) is 0 Å². The monoisotopic (exact) mass is 1490 g/mol. The van der Waals surface area contributed by atoms with Gasteiger partial charge in [-0.2, -0.15) is 0 Å². The number of ether oxygens (including phenoxy) is 4. The maximum atomic E-state index is 13.1. The van der Waals surface area contributed by atoms with Crippen molar-refractivity contribution in [2.75, 3.05) is 39.6 Å². The topological polar surface area (TPSA) is 237 Å². The van der Waals surface area contributed by atoms with Crippen LogP contribution in [0.2, 0.25) is 0 Å². The van der Waals surface area contributed by atoms with Crippen molar-refractivity contribution in [1.29, 1.82) is 0 Å². The van der Waals surface area contributed by atoms with Crippen LogP contribution in [0, 0.1) is 5.92 Å². The summed E-state index contributed by atoms with van der Waals surface area (Å²) in [5.41, 5.74) is 0. The van der Waals surface area contributed by atoms with Gasteiger partial charge in [0.2, 0.25) is 0 Å². The highest BCUT2D eigenvalue weighted by atomic mass is 31.2. The first-order valence-electron chi connectivity index (χ1n) is 43.1. The Bertz CT molecular complexity index is 1940. The number of hydrogen-bond acceptors (Lipinski definition) is 15. The van der Waals surface area contributed by atoms with Crippen LogP contribution < -0.4 is 0 Å². The third-order valence-electron chi connectivity index (χ3n) is 19.5. The van der Waals surface area contributed by atoms with Crippen molar-refractivity contribution < 1.29 is 80.2 Å². The van der Waals surface area contributed by atoms with Crippen LogP contribution >= 0.6 is 15.6 Å². The Morgan fingerprint density at radius 1 is 0.265 bits per heavy atom. The maximum Gasteiger partial charge on any atom is 0.472 e. The molecule has 0 aliphatic rings. The lowest BCUT2D eigenvalue weighted by Gasteiger charge is -2.21. The quantitative estimate of drug-likeness (QED) is 0.0222. The number of aliphatic hydroxyl groups excluding tert-OH is 1. The molecule has 0 radical (unpaired) electrons. The van der Waals surface area contributed by atoms with Crippen molar-refractivity contribution in [1.82, 2.24) is 0 Å². The van der Waals surface area contributed by atoms with E-state index in [0.717, 1.165) is 95.8 Å². The van der Waals surface area contributed by atoms with E-state index in [9.17, 15) is 43.2 Å². The summed E-state index contributed by atoms with van der Waals surface area (Å²) in [6.45, 7) is 7.36. The third-order valence-corrected chi connectivity index (χ3v) is 21.4. The first-order chi connectivity index (χ1) is 49.5. The predicted molar refractivity (Wildman–Crippen MR) is 418 cm³/mol. The second kappa shape index (κ2) is 75.9. The number of hydrogen-bond donors (Lipinski definition) is 3. The highest BCUT2D eigenvalue weighted by Gasteiger charge is 2.30. The molecule has 0 heterocycles. The van der Waals surface area contributed by atoms with E-state index in [-0.39, 0.29) is 25.7 Å². The minimum Gasteiger partial charge on any atom is -0.462 e. The molecule has 2 unspecified atom stereocenters. The van der Waals surface area contributed by atoms with Gasteiger partial charge in [-0.3, -0.25) is 37.3 Å². The molecule has 0 saturated carbocycles. The van der Waals surface area contributed by atoms with Crippen LogP contribution in [-0.4, -0.2) is 96.7 Å². The predicted octanol–water partition coefficient (Wildman–Crippen LogP) is 25.2. The minimum absolute atomic E-state index is 0.108. The van der Waals surface area contributed by atoms with E-state index in [1.54, 1.807) is 0 Å². The molecule has 0 spiro atoms. The van der Waals surface area contributed by atoms with Crippen LogP contribution in [0.3, 0.4) is 0 Å². The summed E-state index contributed by atoms with van der Waals surface area (Å²) in [5.74, 6) is -1.29. The molecule has 606 valence electrons. The Labute approximate surface area is 626 Å². The number of phosphoric ester groups is 2. The van der Waals surface area contributed by atoms with Crippen molar-refractivity contribution in [3.05, 3.63) is 0 Å². The Hall–Kier alpha value is -1.94. The first-order valence-corrected chi connectivity index (χ1v) is 46.1. The van der Waals surface area contributed by atoms with Gasteiger partial charge >= 0.3 is 39.5 Å². The van der Waals surface area contributed by atoms with E-state index >= 15 is 0 Å². The fourth-order valence-corrected chi connectivity index (χ4v) is 14.5. The molecule has 0 amide bonds. The van der Waals surface area contributed by atoms with Gasteiger partial charge in [-0.1, -0.05) is 394 Å². The maximum absolute atomic E-state index is 13.1. The lowest BCUT2D eigenvalue weighted by Crippen LogP contribution is -2.30. The van der Waals surface area contributed by atoms with Gasteiger partial charge in [0.25, 0.3) is 0 Å². The molecule has 0 bridgehead atoms. The van der Waals surface area contributed by atoms with Gasteiger partial charge in [0, 0.05) is 25.7 Å². The standard InChI is InChI=1S/C83H162O17P2/c1-6-9-12-15-18-21-24-26-27-28-29-30-31-32-37-40-44-49-54-59-64-69-83(88)100-79(73-94-81(86)67-62-57-52-47-43-39-36-34-33-35-38-41-45-50-55-60-65-76(4)5)75-98-102(91,92)96-71-77(84)70-95-101(89,90)97-74-78(72-93-80(85)66-61-56-51-46-23-20-17-14-11-8-3)99-82(87)68-63-58-53-48-42-25-22-19-16-13-10-7-2/h76-79,84H,6-75H2,1-5H3,(H,89,90)(H,91,92)/t77-,78+,79+/m0/s1. The van der Waals surface area contributed by atoms with Gasteiger partial charge < -0.3 is 33.8 Å². The number of esters is 4. The summed E-state index contributed by atoms with van der Waals surface area (Å²) in [4.78, 5) is 73.0. The van der Waals surface area contributed by atoms with E-state index < -0.39 is 97.5 Å². The largest absolute Gasteiger partial charge is 0.472 e. The molecule has 0 aliphatic heterocycles. The molecule has 0 aliphatic carbocycles. The minimum atomic E-state index is -4.96. The molecule has 17 nitrogen and oxygen atoms in total. The molecule has 102 heavy (non-hydrogen) atoms. The van der Waals surface area contributed by atoms with Crippen LogP contribution in [0.1, 0.15) is 446 Å². The molecule has 5 atom stereocenters. The summed E-state index contributed by atoms with van der Waals surface area (Å²) >= 11 is 0. The fraction of sp³-hybridized carbons (Fsp3) is 0.952. The number of rotatable bonds is 83. The van der Waals surface area contributed by atoms with Crippen molar-refractivity contribution in [2.24, 2.45) is 5.92 Å². The zero-order valence-electron chi connectivity index (χ0n) is 66.8. The highest BCUT2D eigenvalue weighted by Crippen LogP contribution is 2.45. The molecule has 19 heteroatoms. The molecule has 3 N–H and O–H groups in total. The van der Waals surface area contributed by atoms with Crippen LogP contribution in [0.4, 0.5) is 0 Å². The molecule has 0 aromatic heterocycles. The number of unbranched alkanes of at least 4 members (excludes halogenated alkanes) is 55. The molecule has 0 aromatic carbocycles. The van der Waals surface area contributed by atoms with E-state index in [0.29, 0.717) is 25.7 Å². The van der Waals surface area contributed by atoms with Gasteiger partial charge in [0.15, 0.2) is 12.2 Å². The van der Waals surface area contributed by atoms with Crippen molar-refractivity contribution in [3.8, 4) is 0 Å². The van der Waals surface area contributed by atoms with Crippen molar-refractivity contribution in [2.45, 2.75) is 464 Å². The van der Waals surface area contributed by atoms with Gasteiger partial charge in [0.05, 0.1) is 26.4 Å². The zero-order valence-corrected chi connectivity index (χ0v) is 68.5. The van der Waals surface area contributed by atoms with Crippen LogP contribution in [0.15, 0.2) is 0 Å².